The lowest BCUT2D eigenvalue weighted by molar-refractivity contribution is 0.414. The summed E-state index contributed by atoms with van der Waals surface area (Å²) in [5.74, 6) is 0.213. The number of nitrogens with zero attached hydrogens (tertiary/aromatic N) is 2. The Hall–Kier alpha value is -2.55. The Morgan fingerprint density at radius 3 is 2.12 bits per heavy atom. The minimum Gasteiger partial charge on any atom is -0.493 e. The monoisotopic (exact) mass is 320 g/mol. The second-order valence-corrected chi connectivity index (χ2v) is 7.42. The first-order valence-electron chi connectivity index (χ1n) is 8.24. The van der Waals surface area contributed by atoms with Gasteiger partial charge in [0.1, 0.15) is 5.69 Å². The Labute approximate surface area is 143 Å². The molecule has 0 saturated heterocycles. The lowest BCUT2D eigenvalue weighted by atomic mass is 9.85. The van der Waals surface area contributed by atoms with E-state index >= 15 is 0 Å². The number of aryl methyl sites for hydroxylation is 2. The molecule has 124 valence electrons. The van der Waals surface area contributed by atoms with E-state index in [9.17, 15) is 5.11 Å². The highest BCUT2D eigenvalue weighted by atomic mass is 16.3. The molecule has 1 aromatic heterocycles. The van der Waals surface area contributed by atoms with E-state index in [1.54, 1.807) is 4.68 Å². The summed E-state index contributed by atoms with van der Waals surface area (Å²) >= 11 is 0. The number of aromatic nitrogens is 2. The summed E-state index contributed by atoms with van der Waals surface area (Å²) in [7, 11) is 0. The van der Waals surface area contributed by atoms with Crippen LogP contribution < -0.4 is 0 Å². The quantitative estimate of drug-likeness (QED) is 0.708. The maximum atomic E-state index is 10.9. The summed E-state index contributed by atoms with van der Waals surface area (Å²) < 4.78 is 1.64. The number of benzene rings is 2. The minimum atomic E-state index is -0.217. The Morgan fingerprint density at radius 2 is 1.54 bits per heavy atom. The van der Waals surface area contributed by atoms with E-state index in [4.69, 9.17) is 5.10 Å². The largest absolute Gasteiger partial charge is 0.493 e. The lowest BCUT2D eigenvalue weighted by Gasteiger charge is -2.19. The van der Waals surface area contributed by atoms with Gasteiger partial charge < -0.3 is 5.11 Å². The molecule has 3 rings (SSSR count). The van der Waals surface area contributed by atoms with Gasteiger partial charge in [0.25, 0.3) is 0 Å². The second-order valence-electron chi connectivity index (χ2n) is 7.42. The summed E-state index contributed by atoms with van der Waals surface area (Å²) in [4.78, 5) is 0. The number of aromatic hydroxyl groups is 1. The zero-order valence-electron chi connectivity index (χ0n) is 15.0. The van der Waals surface area contributed by atoms with Gasteiger partial charge in [-0.2, -0.15) is 5.10 Å². The standard InChI is InChI=1S/C21H24N2O/c1-14-8-6-10-16(12-14)19-18(21(3,4)5)20(24)23(22-19)17-11-7-9-15(2)13-17/h6-13,24H,1-5H3. The molecule has 0 saturated carbocycles. The van der Waals surface area contributed by atoms with Crippen LogP contribution in [0.1, 0.15) is 37.5 Å². The van der Waals surface area contributed by atoms with E-state index in [-0.39, 0.29) is 11.3 Å². The van der Waals surface area contributed by atoms with Crippen molar-refractivity contribution in [3.05, 3.63) is 65.2 Å². The predicted molar refractivity (Wildman–Crippen MR) is 98.8 cm³/mol. The molecule has 0 bridgehead atoms. The molecule has 1 heterocycles. The van der Waals surface area contributed by atoms with Gasteiger partial charge in [0.05, 0.1) is 5.69 Å². The molecule has 3 nitrogen and oxygen atoms in total. The van der Waals surface area contributed by atoms with Gasteiger partial charge in [0.15, 0.2) is 0 Å². The number of hydrogen-bond donors (Lipinski definition) is 1. The zero-order chi connectivity index (χ0) is 17.5. The average molecular weight is 320 g/mol. The molecule has 3 aromatic rings. The molecule has 0 spiro atoms. The molecular formula is C21H24N2O. The molecule has 2 aromatic carbocycles. The minimum absolute atomic E-state index is 0.213. The van der Waals surface area contributed by atoms with Gasteiger partial charge in [-0.25, -0.2) is 4.68 Å². The van der Waals surface area contributed by atoms with Crippen molar-refractivity contribution in [2.45, 2.75) is 40.0 Å². The van der Waals surface area contributed by atoms with E-state index in [2.05, 4.69) is 39.8 Å². The van der Waals surface area contributed by atoms with E-state index < -0.39 is 0 Å². The van der Waals surface area contributed by atoms with Crippen molar-refractivity contribution in [3.63, 3.8) is 0 Å². The molecular weight excluding hydrogens is 296 g/mol. The van der Waals surface area contributed by atoms with E-state index in [1.807, 2.05) is 43.3 Å². The molecule has 1 N–H and O–H groups in total. The van der Waals surface area contributed by atoms with Gasteiger partial charge in [0.2, 0.25) is 5.88 Å². The fourth-order valence-electron chi connectivity index (χ4n) is 3.03. The van der Waals surface area contributed by atoms with Crippen LogP contribution >= 0.6 is 0 Å². The Kier molecular flexibility index (Phi) is 3.96. The highest BCUT2D eigenvalue weighted by Gasteiger charge is 2.29. The van der Waals surface area contributed by atoms with Crippen molar-refractivity contribution in [3.8, 4) is 22.8 Å². The Morgan fingerprint density at radius 1 is 0.917 bits per heavy atom. The second kappa shape index (κ2) is 5.82. The normalized spacial score (nSPS) is 11.7. The third-order valence-corrected chi connectivity index (χ3v) is 4.15. The van der Waals surface area contributed by atoms with E-state index in [0.717, 1.165) is 28.1 Å². The molecule has 0 aliphatic heterocycles. The lowest BCUT2D eigenvalue weighted by Crippen LogP contribution is -2.12. The molecule has 0 atom stereocenters. The highest BCUT2D eigenvalue weighted by molar-refractivity contribution is 5.68. The smallest absolute Gasteiger partial charge is 0.218 e. The summed E-state index contributed by atoms with van der Waals surface area (Å²) in [5.41, 5.74) is 5.71. The van der Waals surface area contributed by atoms with Gasteiger partial charge >= 0.3 is 0 Å². The number of hydrogen-bond acceptors (Lipinski definition) is 2. The Bertz CT molecular complexity index is 885. The first kappa shape index (κ1) is 16.3. The van der Waals surface area contributed by atoms with Crippen LogP contribution in [-0.4, -0.2) is 14.9 Å². The maximum absolute atomic E-state index is 10.9. The molecule has 24 heavy (non-hydrogen) atoms. The van der Waals surface area contributed by atoms with Crippen molar-refractivity contribution >= 4 is 0 Å². The van der Waals surface area contributed by atoms with Crippen LogP contribution in [0.5, 0.6) is 5.88 Å². The molecule has 0 fully saturated rings. The summed E-state index contributed by atoms with van der Waals surface area (Å²) in [6.07, 6.45) is 0. The fourth-order valence-corrected chi connectivity index (χ4v) is 3.03. The van der Waals surface area contributed by atoms with Crippen LogP contribution in [-0.2, 0) is 5.41 Å². The fraction of sp³-hybridized carbons (Fsp3) is 0.286. The van der Waals surface area contributed by atoms with Gasteiger partial charge in [-0.15, -0.1) is 0 Å². The van der Waals surface area contributed by atoms with E-state index in [1.165, 1.54) is 5.56 Å². The van der Waals surface area contributed by atoms with Crippen LogP contribution in [0.25, 0.3) is 16.9 Å². The summed E-state index contributed by atoms with van der Waals surface area (Å²) in [6, 6.07) is 16.3. The van der Waals surface area contributed by atoms with Crippen LogP contribution in [0.2, 0.25) is 0 Å². The summed E-state index contributed by atoms with van der Waals surface area (Å²) in [5, 5.41) is 15.7. The molecule has 0 aliphatic rings. The van der Waals surface area contributed by atoms with Crippen molar-refractivity contribution in [1.29, 1.82) is 0 Å². The highest BCUT2D eigenvalue weighted by Crippen LogP contribution is 2.40. The van der Waals surface area contributed by atoms with Crippen molar-refractivity contribution < 1.29 is 5.11 Å². The van der Waals surface area contributed by atoms with Gasteiger partial charge in [-0.3, -0.25) is 0 Å². The maximum Gasteiger partial charge on any atom is 0.218 e. The van der Waals surface area contributed by atoms with Crippen LogP contribution in [0.4, 0.5) is 0 Å². The van der Waals surface area contributed by atoms with Crippen LogP contribution in [0.3, 0.4) is 0 Å². The summed E-state index contributed by atoms with van der Waals surface area (Å²) in [6.45, 7) is 10.4. The van der Waals surface area contributed by atoms with Gasteiger partial charge in [0, 0.05) is 11.1 Å². The molecule has 3 heteroatoms. The topological polar surface area (TPSA) is 38.0 Å². The van der Waals surface area contributed by atoms with Crippen LogP contribution in [0.15, 0.2) is 48.5 Å². The van der Waals surface area contributed by atoms with Gasteiger partial charge in [-0.1, -0.05) is 56.7 Å². The number of rotatable bonds is 2. The Balaban J connectivity index is 2.28. The predicted octanol–water partition coefficient (Wildman–Crippen LogP) is 5.16. The SMILES string of the molecule is Cc1cccc(-c2nn(-c3cccc(C)c3)c(O)c2C(C)(C)C)c1. The average Bonchev–Trinajstić information content (AvgIpc) is 2.85. The first-order valence-corrected chi connectivity index (χ1v) is 8.24. The molecule has 0 radical (unpaired) electrons. The van der Waals surface area contributed by atoms with Crippen molar-refractivity contribution in [2.24, 2.45) is 0 Å². The molecule has 0 unspecified atom stereocenters. The van der Waals surface area contributed by atoms with Crippen molar-refractivity contribution in [1.82, 2.24) is 9.78 Å². The van der Waals surface area contributed by atoms with E-state index in [0.29, 0.717) is 0 Å². The van der Waals surface area contributed by atoms with Gasteiger partial charge in [-0.05, 0) is 43.0 Å². The van der Waals surface area contributed by atoms with Crippen molar-refractivity contribution in [2.75, 3.05) is 0 Å². The molecule has 0 amide bonds. The third kappa shape index (κ3) is 2.94. The van der Waals surface area contributed by atoms with Crippen LogP contribution in [0, 0.1) is 13.8 Å². The third-order valence-electron chi connectivity index (χ3n) is 4.15. The molecule has 0 aliphatic carbocycles. The first-order chi connectivity index (χ1) is 11.3. The zero-order valence-corrected chi connectivity index (χ0v) is 15.0.